The lowest BCUT2D eigenvalue weighted by atomic mass is 9.90. The van der Waals surface area contributed by atoms with Gasteiger partial charge in [-0.15, -0.1) is 11.8 Å². The molecule has 0 saturated carbocycles. The Morgan fingerprint density at radius 3 is 2.27 bits per heavy atom. The molecule has 26 heavy (non-hydrogen) atoms. The molecule has 2 N–H and O–H groups in total. The molecule has 0 saturated heterocycles. The zero-order chi connectivity index (χ0) is 19.3. The number of aromatic nitrogens is 1. The first-order valence-corrected chi connectivity index (χ1v) is 11.4. The molecule has 0 fully saturated rings. The van der Waals surface area contributed by atoms with E-state index in [2.05, 4.69) is 18.8 Å². The van der Waals surface area contributed by atoms with E-state index >= 15 is 0 Å². The number of rotatable bonds is 15. The van der Waals surface area contributed by atoms with Gasteiger partial charge in [0.25, 0.3) is 0 Å². The van der Waals surface area contributed by atoms with Gasteiger partial charge in [0.2, 0.25) is 5.91 Å². The molecule has 1 heterocycles. The summed E-state index contributed by atoms with van der Waals surface area (Å²) < 4.78 is -0.630. The zero-order valence-electron chi connectivity index (χ0n) is 17.1. The minimum Gasteiger partial charge on any atom is -0.368 e. The van der Waals surface area contributed by atoms with Crippen molar-refractivity contribution in [3.63, 3.8) is 0 Å². The summed E-state index contributed by atoms with van der Waals surface area (Å²) in [6.07, 6.45) is 14.8. The van der Waals surface area contributed by atoms with E-state index in [1.165, 1.54) is 51.4 Å². The van der Waals surface area contributed by atoms with E-state index in [1.807, 2.05) is 19.1 Å². The van der Waals surface area contributed by atoms with Crippen LogP contribution in [0.5, 0.6) is 0 Å². The number of carbonyl (C=O) groups is 1. The first kappa shape index (κ1) is 23.0. The number of primary amides is 1. The normalized spacial score (nSPS) is 13.5. The fourth-order valence-electron chi connectivity index (χ4n) is 3.45. The van der Waals surface area contributed by atoms with Gasteiger partial charge in [-0.1, -0.05) is 77.7 Å². The molecule has 1 aromatic heterocycles. The molecule has 148 valence electrons. The van der Waals surface area contributed by atoms with Gasteiger partial charge in [-0.2, -0.15) is 0 Å². The van der Waals surface area contributed by atoms with Gasteiger partial charge in [0, 0.05) is 11.9 Å². The SMILES string of the molecule is CCCCCCCCC(SCCCCCC)(C(N)=O)c1cccnc1C. The molecule has 1 unspecified atom stereocenters. The van der Waals surface area contributed by atoms with Crippen LogP contribution >= 0.6 is 11.8 Å². The van der Waals surface area contributed by atoms with Crippen LogP contribution in [0.4, 0.5) is 0 Å². The number of thioether (sulfide) groups is 1. The van der Waals surface area contributed by atoms with Crippen LogP contribution in [0.2, 0.25) is 0 Å². The number of nitrogens with two attached hydrogens (primary N) is 1. The molecule has 0 aliphatic carbocycles. The average Bonchev–Trinajstić information content (AvgIpc) is 2.63. The van der Waals surface area contributed by atoms with Crippen molar-refractivity contribution in [2.24, 2.45) is 5.73 Å². The summed E-state index contributed by atoms with van der Waals surface area (Å²) in [5.74, 6) is 0.773. The highest BCUT2D eigenvalue weighted by Crippen LogP contribution is 2.42. The third-order valence-corrected chi connectivity index (χ3v) is 6.68. The van der Waals surface area contributed by atoms with E-state index in [1.54, 1.807) is 18.0 Å². The van der Waals surface area contributed by atoms with Gasteiger partial charge >= 0.3 is 0 Å². The third kappa shape index (κ3) is 7.30. The number of carbonyl (C=O) groups excluding carboxylic acids is 1. The van der Waals surface area contributed by atoms with Gasteiger partial charge in [0.15, 0.2) is 0 Å². The molecule has 1 amide bonds. The highest BCUT2D eigenvalue weighted by atomic mass is 32.2. The van der Waals surface area contributed by atoms with Gasteiger partial charge in [0.05, 0.1) is 0 Å². The molecular formula is C22H38N2OS. The first-order valence-electron chi connectivity index (χ1n) is 10.4. The minimum absolute atomic E-state index is 0.206. The van der Waals surface area contributed by atoms with Gasteiger partial charge in [0.1, 0.15) is 4.75 Å². The number of aryl methyl sites for hydroxylation is 1. The Kier molecular flexibility index (Phi) is 11.7. The average molecular weight is 379 g/mol. The Labute approximate surface area is 164 Å². The van der Waals surface area contributed by atoms with Crippen LogP contribution in [-0.4, -0.2) is 16.6 Å². The summed E-state index contributed by atoms with van der Waals surface area (Å²) in [7, 11) is 0. The molecule has 0 radical (unpaired) electrons. The van der Waals surface area contributed by atoms with E-state index in [-0.39, 0.29) is 5.91 Å². The van der Waals surface area contributed by atoms with Gasteiger partial charge in [-0.05, 0) is 37.1 Å². The summed E-state index contributed by atoms with van der Waals surface area (Å²) in [5.41, 5.74) is 7.93. The smallest absolute Gasteiger partial charge is 0.238 e. The summed E-state index contributed by atoms with van der Waals surface area (Å²) >= 11 is 1.75. The highest BCUT2D eigenvalue weighted by molar-refractivity contribution is 8.00. The number of amides is 1. The zero-order valence-corrected chi connectivity index (χ0v) is 17.9. The van der Waals surface area contributed by atoms with Gasteiger partial charge < -0.3 is 5.73 Å². The molecule has 1 atom stereocenters. The standard InChI is InChI=1S/C22H38N2OS/c1-4-6-8-10-11-12-16-22(21(23)25,26-18-13-9-7-5-2)20-15-14-17-24-19(20)3/h14-15,17H,4-13,16,18H2,1-3H3,(H2,23,25). The van der Waals surface area contributed by atoms with E-state index in [0.717, 1.165) is 36.3 Å². The predicted molar refractivity (Wildman–Crippen MR) is 114 cm³/mol. The van der Waals surface area contributed by atoms with Crippen LogP contribution in [-0.2, 0) is 9.54 Å². The number of pyridine rings is 1. The molecule has 3 nitrogen and oxygen atoms in total. The van der Waals surface area contributed by atoms with E-state index in [9.17, 15) is 4.79 Å². The maximum Gasteiger partial charge on any atom is 0.238 e. The van der Waals surface area contributed by atoms with Gasteiger partial charge in [-0.3, -0.25) is 9.78 Å². The molecule has 1 rings (SSSR count). The molecule has 4 heteroatoms. The van der Waals surface area contributed by atoms with E-state index < -0.39 is 4.75 Å². The van der Waals surface area contributed by atoms with Crippen molar-refractivity contribution >= 4 is 17.7 Å². The molecule has 1 aromatic rings. The van der Waals surface area contributed by atoms with E-state index in [4.69, 9.17) is 5.73 Å². The van der Waals surface area contributed by atoms with Crippen LogP contribution < -0.4 is 5.73 Å². The summed E-state index contributed by atoms with van der Waals surface area (Å²) in [5, 5.41) is 0. The molecule has 0 bridgehead atoms. The van der Waals surface area contributed by atoms with Crippen molar-refractivity contribution in [1.29, 1.82) is 0 Å². The predicted octanol–water partition coefficient (Wildman–Crippen LogP) is 6.13. The Balaban J connectivity index is 2.83. The first-order chi connectivity index (χ1) is 12.6. The van der Waals surface area contributed by atoms with Crippen molar-refractivity contribution in [1.82, 2.24) is 4.98 Å². The second-order valence-electron chi connectivity index (χ2n) is 7.25. The highest BCUT2D eigenvalue weighted by Gasteiger charge is 2.39. The Morgan fingerprint density at radius 2 is 1.65 bits per heavy atom. The maximum absolute atomic E-state index is 12.6. The second kappa shape index (κ2) is 13.2. The van der Waals surface area contributed by atoms with Crippen molar-refractivity contribution in [2.75, 3.05) is 5.75 Å². The fourth-order valence-corrected chi connectivity index (χ4v) is 4.95. The van der Waals surface area contributed by atoms with Crippen LogP contribution in [0.3, 0.4) is 0 Å². The lowest BCUT2D eigenvalue weighted by Crippen LogP contribution is -2.39. The van der Waals surface area contributed by atoms with Crippen molar-refractivity contribution < 1.29 is 4.79 Å². The molecule has 0 aliphatic heterocycles. The van der Waals surface area contributed by atoms with E-state index in [0.29, 0.717) is 0 Å². The van der Waals surface area contributed by atoms with Crippen molar-refractivity contribution in [2.45, 2.75) is 96.1 Å². The number of hydrogen-bond donors (Lipinski definition) is 1. The quantitative estimate of drug-likeness (QED) is 0.373. The Bertz CT molecular complexity index is 521. The van der Waals surface area contributed by atoms with Crippen LogP contribution in [0, 0.1) is 6.92 Å². The molecule has 0 aliphatic rings. The number of nitrogens with zero attached hydrogens (tertiary/aromatic N) is 1. The summed E-state index contributed by atoms with van der Waals surface area (Å²) in [4.78, 5) is 17.1. The van der Waals surface area contributed by atoms with Crippen LogP contribution in [0.15, 0.2) is 18.3 Å². The monoisotopic (exact) mass is 378 g/mol. The van der Waals surface area contributed by atoms with Crippen molar-refractivity contribution in [3.8, 4) is 0 Å². The van der Waals surface area contributed by atoms with Gasteiger partial charge in [-0.25, -0.2) is 0 Å². The molecule has 0 spiro atoms. The number of unbranched alkanes of at least 4 members (excludes halogenated alkanes) is 8. The second-order valence-corrected chi connectivity index (χ2v) is 8.65. The fraction of sp³-hybridized carbons (Fsp3) is 0.727. The summed E-state index contributed by atoms with van der Waals surface area (Å²) in [6.45, 7) is 6.45. The Morgan fingerprint density at radius 1 is 1.04 bits per heavy atom. The Hall–Kier alpha value is -1.03. The van der Waals surface area contributed by atoms with Crippen LogP contribution in [0.25, 0.3) is 0 Å². The number of hydrogen-bond acceptors (Lipinski definition) is 3. The summed E-state index contributed by atoms with van der Waals surface area (Å²) in [6, 6.07) is 3.97. The lowest BCUT2D eigenvalue weighted by molar-refractivity contribution is -0.120. The minimum atomic E-state index is -0.630. The van der Waals surface area contributed by atoms with Crippen LogP contribution in [0.1, 0.15) is 95.7 Å². The largest absolute Gasteiger partial charge is 0.368 e. The molecule has 0 aromatic carbocycles. The topological polar surface area (TPSA) is 56.0 Å². The molecular weight excluding hydrogens is 340 g/mol. The maximum atomic E-state index is 12.6. The third-order valence-electron chi connectivity index (χ3n) is 5.07. The lowest BCUT2D eigenvalue weighted by Gasteiger charge is -2.32. The van der Waals surface area contributed by atoms with Crippen molar-refractivity contribution in [3.05, 3.63) is 29.6 Å².